The highest BCUT2D eigenvalue weighted by Crippen LogP contribution is 2.23. The summed E-state index contributed by atoms with van der Waals surface area (Å²) in [4.78, 5) is 13.9. The lowest BCUT2D eigenvalue weighted by Gasteiger charge is -2.38. The van der Waals surface area contributed by atoms with Gasteiger partial charge in [-0.2, -0.15) is 0 Å². The third kappa shape index (κ3) is 2.80. The summed E-state index contributed by atoms with van der Waals surface area (Å²) >= 11 is 0. The minimum atomic E-state index is -1.57. The zero-order valence-corrected chi connectivity index (χ0v) is 11.2. The van der Waals surface area contributed by atoms with Crippen LogP contribution >= 0.6 is 0 Å². The van der Waals surface area contributed by atoms with E-state index in [9.17, 15) is 18.0 Å². The van der Waals surface area contributed by atoms with Gasteiger partial charge in [0, 0.05) is 24.2 Å². The fourth-order valence-corrected chi connectivity index (χ4v) is 2.60. The van der Waals surface area contributed by atoms with Crippen LogP contribution in [-0.2, 0) is 0 Å². The summed E-state index contributed by atoms with van der Waals surface area (Å²) in [7, 11) is 0. The Morgan fingerprint density at radius 2 is 1.90 bits per heavy atom. The second-order valence-electron chi connectivity index (χ2n) is 5.17. The van der Waals surface area contributed by atoms with Crippen molar-refractivity contribution in [3.05, 3.63) is 35.1 Å². The maximum Gasteiger partial charge on any atom is 0.254 e. The van der Waals surface area contributed by atoms with Gasteiger partial charge in [0.2, 0.25) is 0 Å². The van der Waals surface area contributed by atoms with Crippen LogP contribution < -0.4 is 5.73 Å². The number of amides is 1. The lowest BCUT2D eigenvalue weighted by Crippen LogP contribution is -2.51. The average molecular weight is 286 g/mol. The van der Waals surface area contributed by atoms with Gasteiger partial charge in [0.05, 0.1) is 0 Å². The van der Waals surface area contributed by atoms with Gasteiger partial charge < -0.3 is 10.6 Å². The smallest absolute Gasteiger partial charge is 0.254 e. The van der Waals surface area contributed by atoms with E-state index in [0.717, 1.165) is 31.4 Å². The molecule has 1 heterocycles. The summed E-state index contributed by atoms with van der Waals surface area (Å²) in [5, 5.41) is 0. The lowest BCUT2D eigenvalue weighted by molar-refractivity contribution is 0.0582. The van der Waals surface area contributed by atoms with Crippen LogP contribution in [0.3, 0.4) is 0 Å². The van der Waals surface area contributed by atoms with Crippen molar-refractivity contribution >= 4 is 5.91 Å². The lowest BCUT2D eigenvalue weighted by atomic mass is 9.96. The zero-order chi connectivity index (χ0) is 14.9. The van der Waals surface area contributed by atoms with E-state index in [1.807, 2.05) is 0 Å². The van der Waals surface area contributed by atoms with Gasteiger partial charge in [0.25, 0.3) is 5.91 Å². The van der Waals surface area contributed by atoms with Crippen molar-refractivity contribution in [2.75, 3.05) is 6.54 Å². The van der Waals surface area contributed by atoms with Crippen molar-refractivity contribution in [2.24, 2.45) is 5.73 Å². The Balaban J connectivity index is 2.30. The molecule has 2 N–H and O–H groups in total. The Morgan fingerprint density at radius 3 is 2.45 bits per heavy atom. The number of carbonyl (C=O) groups is 1. The Kier molecular flexibility index (Phi) is 4.32. The van der Waals surface area contributed by atoms with Crippen LogP contribution in [0.2, 0.25) is 0 Å². The van der Waals surface area contributed by atoms with Crippen molar-refractivity contribution in [1.29, 1.82) is 0 Å². The Hall–Kier alpha value is -1.56. The molecule has 2 unspecified atom stereocenters. The second kappa shape index (κ2) is 5.83. The van der Waals surface area contributed by atoms with E-state index in [0.29, 0.717) is 6.54 Å². The Morgan fingerprint density at radius 1 is 1.30 bits per heavy atom. The molecule has 1 aliphatic heterocycles. The van der Waals surface area contributed by atoms with Gasteiger partial charge in [-0.1, -0.05) is 0 Å². The maximum absolute atomic E-state index is 13.2. The first kappa shape index (κ1) is 14.8. The first-order chi connectivity index (χ1) is 9.41. The van der Waals surface area contributed by atoms with E-state index < -0.39 is 23.4 Å². The molecule has 1 aromatic carbocycles. The number of carbonyl (C=O) groups excluding carboxylic acids is 1. The number of piperidine rings is 1. The van der Waals surface area contributed by atoms with E-state index in [-0.39, 0.29) is 17.6 Å². The number of halogens is 3. The summed E-state index contributed by atoms with van der Waals surface area (Å²) < 4.78 is 39.4. The van der Waals surface area contributed by atoms with E-state index in [1.54, 1.807) is 6.92 Å². The first-order valence-electron chi connectivity index (χ1n) is 6.63. The summed E-state index contributed by atoms with van der Waals surface area (Å²) in [6.07, 6.45) is 2.54. The molecule has 6 heteroatoms. The predicted octanol–water partition coefficient (Wildman–Crippen LogP) is 2.45. The quantitative estimate of drug-likeness (QED) is 0.849. The molecule has 0 bridgehead atoms. The number of hydrogen-bond acceptors (Lipinski definition) is 2. The molecule has 0 aromatic heterocycles. The summed E-state index contributed by atoms with van der Waals surface area (Å²) in [5.74, 6) is -4.79. The van der Waals surface area contributed by atoms with Gasteiger partial charge in [0.15, 0.2) is 17.5 Å². The number of likely N-dealkylation sites (tertiary alicyclic amines) is 1. The van der Waals surface area contributed by atoms with Crippen LogP contribution in [0.1, 0.15) is 36.5 Å². The molecular formula is C14H17F3N2O. The van der Waals surface area contributed by atoms with E-state index >= 15 is 0 Å². The topological polar surface area (TPSA) is 46.3 Å². The van der Waals surface area contributed by atoms with Crippen LogP contribution in [0.5, 0.6) is 0 Å². The fourth-order valence-electron chi connectivity index (χ4n) is 2.60. The zero-order valence-electron chi connectivity index (χ0n) is 11.2. The second-order valence-corrected chi connectivity index (χ2v) is 5.17. The van der Waals surface area contributed by atoms with Crippen LogP contribution in [0.25, 0.3) is 0 Å². The third-order valence-electron chi connectivity index (χ3n) is 3.65. The van der Waals surface area contributed by atoms with Gasteiger partial charge in [-0.05, 0) is 38.3 Å². The average Bonchev–Trinajstić information content (AvgIpc) is 2.43. The third-order valence-corrected chi connectivity index (χ3v) is 3.65. The minimum absolute atomic E-state index is 0.160. The Labute approximate surface area is 115 Å². The molecule has 1 fully saturated rings. The molecule has 2 rings (SSSR count). The molecule has 1 amide bonds. The highest BCUT2D eigenvalue weighted by Gasteiger charge is 2.30. The number of nitrogens with two attached hydrogens (primary N) is 1. The molecule has 3 nitrogen and oxygen atoms in total. The maximum atomic E-state index is 13.2. The van der Waals surface area contributed by atoms with Gasteiger partial charge in [0.1, 0.15) is 0 Å². The van der Waals surface area contributed by atoms with E-state index in [2.05, 4.69) is 0 Å². The summed E-state index contributed by atoms with van der Waals surface area (Å²) in [6.45, 7) is 2.29. The minimum Gasteiger partial charge on any atom is -0.334 e. The monoisotopic (exact) mass is 286 g/mol. The van der Waals surface area contributed by atoms with Crippen molar-refractivity contribution in [1.82, 2.24) is 4.90 Å². The molecule has 110 valence electrons. The highest BCUT2D eigenvalue weighted by molar-refractivity contribution is 5.94. The van der Waals surface area contributed by atoms with Crippen LogP contribution in [0, 0.1) is 17.5 Å². The van der Waals surface area contributed by atoms with Crippen LogP contribution in [0.4, 0.5) is 13.2 Å². The summed E-state index contributed by atoms with van der Waals surface area (Å²) in [6, 6.07) is 1.07. The molecular weight excluding hydrogens is 269 g/mol. The van der Waals surface area contributed by atoms with Gasteiger partial charge in [-0.15, -0.1) is 0 Å². The molecule has 0 radical (unpaired) electrons. The fraction of sp³-hybridized carbons (Fsp3) is 0.500. The number of hydrogen-bond donors (Lipinski definition) is 1. The molecule has 0 saturated carbocycles. The van der Waals surface area contributed by atoms with Gasteiger partial charge >= 0.3 is 0 Å². The predicted molar refractivity (Wildman–Crippen MR) is 68.6 cm³/mol. The Bertz CT molecular complexity index is 496. The number of benzene rings is 1. The van der Waals surface area contributed by atoms with Crippen LogP contribution in [0.15, 0.2) is 12.1 Å². The van der Waals surface area contributed by atoms with Crippen molar-refractivity contribution in [3.8, 4) is 0 Å². The van der Waals surface area contributed by atoms with E-state index in [4.69, 9.17) is 5.73 Å². The largest absolute Gasteiger partial charge is 0.334 e. The molecule has 1 aromatic rings. The molecule has 0 spiro atoms. The summed E-state index contributed by atoms with van der Waals surface area (Å²) in [5.41, 5.74) is 5.67. The van der Waals surface area contributed by atoms with E-state index in [1.165, 1.54) is 4.90 Å². The van der Waals surface area contributed by atoms with Crippen molar-refractivity contribution < 1.29 is 18.0 Å². The highest BCUT2D eigenvalue weighted by atomic mass is 19.2. The molecule has 20 heavy (non-hydrogen) atoms. The number of rotatable bonds is 2. The van der Waals surface area contributed by atoms with Crippen molar-refractivity contribution in [2.45, 2.75) is 38.3 Å². The van der Waals surface area contributed by atoms with Gasteiger partial charge in [-0.25, -0.2) is 13.2 Å². The standard InChI is InChI=1S/C14H17F3N2O/c1-8(18)12-4-2-3-5-19(12)14(20)9-6-10(15)13(17)11(16)7-9/h6-8,12H,2-5,18H2,1H3. The molecule has 1 saturated heterocycles. The number of nitrogens with zero attached hydrogens (tertiary/aromatic N) is 1. The molecule has 0 aliphatic carbocycles. The molecule has 1 aliphatic rings. The normalized spacial score (nSPS) is 20.9. The first-order valence-corrected chi connectivity index (χ1v) is 6.63. The van der Waals surface area contributed by atoms with Crippen molar-refractivity contribution in [3.63, 3.8) is 0 Å². The van der Waals surface area contributed by atoms with Gasteiger partial charge in [-0.3, -0.25) is 4.79 Å². The van der Waals surface area contributed by atoms with Crippen LogP contribution in [-0.4, -0.2) is 29.4 Å². The SMILES string of the molecule is CC(N)C1CCCCN1C(=O)c1cc(F)c(F)c(F)c1. The molecule has 2 atom stereocenters.